The Morgan fingerprint density at radius 2 is 1.62 bits per heavy atom. The summed E-state index contributed by atoms with van der Waals surface area (Å²) in [6.07, 6.45) is 1.36. The van der Waals surface area contributed by atoms with Crippen molar-refractivity contribution in [3.05, 3.63) is 53.6 Å². The molecule has 6 heteroatoms. The standard InChI is InChI=1S/C20H21N3O3/c1-13-6-3-7-14(2)18(13)22-20(26)19(25)21-15-8-4-9-16(12-15)23-11-5-10-17(23)24/h3-4,6-9,12H,5,10-11H2,1-2H3,(H,21,25)(H,22,26). The number of anilines is 3. The van der Waals surface area contributed by atoms with Crippen LogP contribution in [0.25, 0.3) is 0 Å². The van der Waals surface area contributed by atoms with Gasteiger partial charge in [0.2, 0.25) is 5.91 Å². The molecule has 2 N–H and O–H groups in total. The molecular weight excluding hydrogens is 330 g/mol. The number of carbonyl (C=O) groups excluding carboxylic acids is 3. The number of aryl methyl sites for hydroxylation is 2. The van der Waals surface area contributed by atoms with Crippen LogP contribution in [-0.4, -0.2) is 24.3 Å². The van der Waals surface area contributed by atoms with Crippen molar-refractivity contribution >= 4 is 34.8 Å². The van der Waals surface area contributed by atoms with Crippen LogP contribution < -0.4 is 15.5 Å². The highest BCUT2D eigenvalue weighted by Gasteiger charge is 2.22. The number of carbonyl (C=O) groups is 3. The Labute approximate surface area is 152 Å². The van der Waals surface area contributed by atoms with Crippen molar-refractivity contribution in [3.8, 4) is 0 Å². The summed E-state index contributed by atoms with van der Waals surface area (Å²) >= 11 is 0. The molecule has 1 aliphatic rings. The summed E-state index contributed by atoms with van der Waals surface area (Å²) in [4.78, 5) is 38.0. The van der Waals surface area contributed by atoms with Crippen LogP contribution in [0.1, 0.15) is 24.0 Å². The minimum atomic E-state index is -0.752. The van der Waals surface area contributed by atoms with Gasteiger partial charge < -0.3 is 15.5 Å². The van der Waals surface area contributed by atoms with Gasteiger partial charge in [-0.05, 0) is 49.6 Å². The van der Waals surface area contributed by atoms with Gasteiger partial charge in [0.05, 0.1) is 0 Å². The highest BCUT2D eigenvalue weighted by atomic mass is 16.2. The third-order valence-corrected chi connectivity index (χ3v) is 4.41. The van der Waals surface area contributed by atoms with Gasteiger partial charge in [0.25, 0.3) is 0 Å². The van der Waals surface area contributed by atoms with Crippen molar-refractivity contribution in [2.24, 2.45) is 0 Å². The second-order valence-electron chi connectivity index (χ2n) is 6.37. The number of hydrogen-bond donors (Lipinski definition) is 2. The maximum absolute atomic E-state index is 12.2. The van der Waals surface area contributed by atoms with Crippen LogP contribution >= 0.6 is 0 Å². The second-order valence-corrected chi connectivity index (χ2v) is 6.37. The highest BCUT2D eigenvalue weighted by Crippen LogP contribution is 2.24. The Bertz CT molecular complexity index is 856. The van der Waals surface area contributed by atoms with Crippen LogP contribution in [0.3, 0.4) is 0 Å². The van der Waals surface area contributed by atoms with Crippen molar-refractivity contribution in [1.29, 1.82) is 0 Å². The maximum atomic E-state index is 12.2. The summed E-state index contributed by atoms with van der Waals surface area (Å²) in [5.41, 5.74) is 3.62. The summed E-state index contributed by atoms with van der Waals surface area (Å²) in [6.45, 7) is 4.41. The van der Waals surface area contributed by atoms with E-state index in [1.807, 2.05) is 38.1 Å². The van der Waals surface area contributed by atoms with E-state index in [0.29, 0.717) is 24.3 Å². The number of benzene rings is 2. The van der Waals surface area contributed by atoms with Gasteiger partial charge in [-0.25, -0.2) is 0 Å². The molecule has 0 radical (unpaired) electrons. The number of nitrogens with one attached hydrogen (secondary N) is 2. The molecule has 1 aliphatic heterocycles. The van der Waals surface area contributed by atoms with Gasteiger partial charge in [0.1, 0.15) is 0 Å². The van der Waals surface area contributed by atoms with E-state index >= 15 is 0 Å². The van der Waals surface area contributed by atoms with Crippen LogP contribution in [0.2, 0.25) is 0 Å². The number of hydrogen-bond acceptors (Lipinski definition) is 3. The molecule has 0 unspecified atom stereocenters. The molecule has 0 aromatic heterocycles. The van der Waals surface area contributed by atoms with Crippen LogP contribution in [0.4, 0.5) is 17.1 Å². The zero-order valence-corrected chi connectivity index (χ0v) is 14.8. The Balaban J connectivity index is 1.70. The Kier molecular flexibility index (Phi) is 5.02. The topological polar surface area (TPSA) is 78.5 Å². The number of rotatable bonds is 3. The summed E-state index contributed by atoms with van der Waals surface area (Å²) in [6, 6.07) is 12.6. The average Bonchev–Trinajstić information content (AvgIpc) is 3.04. The zero-order chi connectivity index (χ0) is 18.7. The van der Waals surface area contributed by atoms with Crippen LogP contribution in [-0.2, 0) is 14.4 Å². The number of amides is 3. The van der Waals surface area contributed by atoms with Crippen LogP contribution in [0, 0.1) is 13.8 Å². The average molecular weight is 351 g/mol. The molecule has 1 fully saturated rings. The fourth-order valence-corrected chi connectivity index (χ4v) is 3.04. The third-order valence-electron chi connectivity index (χ3n) is 4.41. The maximum Gasteiger partial charge on any atom is 0.314 e. The van der Waals surface area contributed by atoms with E-state index in [0.717, 1.165) is 23.2 Å². The summed E-state index contributed by atoms with van der Waals surface area (Å²) in [7, 11) is 0. The van der Waals surface area contributed by atoms with Crippen LogP contribution in [0.5, 0.6) is 0 Å². The predicted molar refractivity (Wildman–Crippen MR) is 101 cm³/mol. The van der Waals surface area contributed by atoms with Crippen molar-refractivity contribution < 1.29 is 14.4 Å². The largest absolute Gasteiger partial charge is 0.318 e. The molecule has 0 spiro atoms. The van der Waals surface area contributed by atoms with E-state index in [4.69, 9.17) is 0 Å². The minimum Gasteiger partial charge on any atom is -0.318 e. The second kappa shape index (κ2) is 7.39. The lowest BCUT2D eigenvalue weighted by atomic mass is 10.1. The first-order valence-corrected chi connectivity index (χ1v) is 8.54. The van der Waals surface area contributed by atoms with Crippen LogP contribution in [0.15, 0.2) is 42.5 Å². The molecule has 0 aliphatic carbocycles. The normalized spacial score (nSPS) is 13.6. The van der Waals surface area contributed by atoms with E-state index in [1.165, 1.54) is 0 Å². The van der Waals surface area contributed by atoms with Gasteiger partial charge in [-0.1, -0.05) is 24.3 Å². The van der Waals surface area contributed by atoms with Gasteiger partial charge in [-0.3, -0.25) is 14.4 Å². The molecule has 134 valence electrons. The van der Waals surface area contributed by atoms with Gasteiger partial charge in [0.15, 0.2) is 0 Å². The summed E-state index contributed by atoms with van der Waals surface area (Å²) in [5.74, 6) is -1.41. The first-order chi connectivity index (χ1) is 12.5. The van der Waals surface area contributed by atoms with Gasteiger partial charge in [0, 0.05) is 30.0 Å². The monoisotopic (exact) mass is 351 g/mol. The van der Waals surface area contributed by atoms with E-state index in [9.17, 15) is 14.4 Å². The quantitative estimate of drug-likeness (QED) is 0.835. The van der Waals surface area contributed by atoms with Gasteiger partial charge >= 0.3 is 11.8 Å². The van der Waals surface area contributed by atoms with E-state index in [-0.39, 0.29) is 5.91 Å². The molecule has 3 rings (SSSR count). The molecule has 0 saturated carbocycles. The summed E-state index contributed by atoms with van der Waals surface area (Å²) < 4.78 is 0. The first-order valence-electron chi connectivity index (χ1n) is 8.54. The van der Waals surface area contributed by atoms with Crippen molar-refractivity contribution in [1.82, 2.24) is 0 Å². The molecule has 1 heterocycles. The molecule has 1 saturated heterocycles. The zero-order valence-electron chi connectivity index (χ0n) is 14.8. The molecule has 0 atom stereocenters. The van der Waals surface area contributed by atoms with E-state index < -0.39 is 11.8 Å². The van der Waals surface area contributed by atoms with Gasteiger partial charge in [-0.2, -0.15) is 0 Å². The molecule has 2 aromatic rings. The lowest BCUT2D eigenvalue weighted by molar-refractivity contribution is -0.133. The van der Waals surface area contributed by atoms with E-state index in [2.05, 4.69) is 10.6 Å². The SMILES string of the molecule is Cc1cccc(C)c1NC(=O)C(=O)Nc1cccc(N2CCCC2=O)c1. The molecule has 26 heavy (non-hydrogen) atoms. The Morgan fingerprint density at radius 3 is 2.27 bits per heavy atom. The molecule has 0 bridgehead atoms. The smallest absolute Gasteiger partial charge is 0.314 e. The minimum absolute atomic E-state index is 0.0706. The van der Waals surface area contributed by atoms with Gasteiger partial charge in [-0.15, -0.1) is 0 Å². The third kappa shape index (κ3) is 3.74. The van der Waals surface area contributed by atoms with E-state index in [1.54, 1.807) is 23.1 Å². The first kappa shape index (κ1) is 17.7. The fraction of sp³-hybridized carbons (Fsp3) is 0.250. The predicted octanol–water partition coefficient (Wildman–Crippen LogP) is 3.01. The molecule has 3 amide bonds. The van der Waals surface area contributed by atoms with Crippen molar-refractivity contribution in [2.45, 2.75) is 26.7 Å². The lowest BCUT2D eigenvalue weighted by Crippen LogP contribution is -2.30. The molecule has 2 aromatic carbocycles. The molecule has 6 nitrogen and oxygen atoms in total. The molecular formula is C20H21N3O3. The Morgan fingerprint density at radius 1 is 0.962 bits per heavy atom. The fourth-order valence-electron chi connectivity index (χ4n) is 3.04. The van der Waals surface area contributed by atoms with Crippen molar-refractivity contribution in [3.63, 3.8) is 0 Å². The summed E-state index contributed by atoms with van der Waals surface area (Å²) in [5, 5.41) is 5.25. The Hall–Kier alpha value is -3.15. The van der Waals surface area contributed by atoms with Crippen molar-refractivity contribution in [2.75, 3.05) is 22.1 Å². The number of para-hydroxylation sites is 1. The number of nitrogens with zero attached hydrogens (tertiary/aromatic N) is 1. The lowest BCUT2D eigenvalue weighted by Gasteiger charge is -2.17. The highest BCUT2D eigenvalue weighted by molar-refractivity contribution is 6.43.